The molecule has 24 heavy (non-hydrogen) atoms. The first-order valence-corrected chi connectivity index (χ1v) is 8.59. The molecule has 5 nitrogen and oxygen atoms in total. The Balaban J connectivity index is 1.78. The first-order chi connectivity index (χ1) is 11.7. The predicted octanol–water partition coefficient (Wildman–Crippen LogP) is 3.82. The minimum Gasteiger partial charge on any atom is -0.378 e. The highest BCUT2D eigenvalue weighted by molar-refractivity contribution is 5.77. The molecule has 0 unspecified atom stereocenters. The van der Waals surface area contributed by atoms with Crippen LogP contribution >= 0.6 is 0 Å². The van der Waals surface area contributed by atoms with Gasteiger partial charge in [-0.1, -0.05) is 25.0 Å². The van der Waals surface area contributed by atoms with Crippen LogP contribution in [-0.4, -0.2) is 34.5 Å². The van der Waals surface area contributed by atoms with E-state index in [2.05, 4.69) is 58.0 Å². The summed E-state index contributed by atoms with van der Waals surface area (Å²) in [4.78, 5) is 11.1. The van der Waals surface area contributed by atoms with Crippen molar-refractivity contribution in [3.05, 3.63) is 42.9 Å². The normalized spacial score (nSPS) is 15.1. The predicted molar refractivity (Wildman–Crippen MR) is 98.6 cm³/mol. The topological polar surface area (TPSA) is 45.5 Å². The zero-order chi connectivity index (χ0) is 16.5. The Morgan fingerprint density at radius 1 is 1.12 bits per heavy atom. The summed E-state index contributed by atoms with van der Waals surface area (Å²) in [6.07, 6.45) is 10.7. The van der Waals surface area contributed by atoms with E-state index >= 15 is 0 Å². The molecule has 1 saturated carbocycles. The van der Waals surface area contributed by atoms with Gasteiger partial charge in [-0.3, -0.25) is 9.38 Å². The Hall–Kier alpha value is -2.56. The van der Waals surface area contributed by atoms with E-state index in [1.165, 1.54) is 31.4 Å². The molecule has 124 valence electrons. The molecule has 0 bridgehead atoms. The fourth-order valence-electron chi connectivity index (χ4n) is 3.43. The maximum absolute atomic E-state index is 4.82. The fraction of sp³-hybridized carbons (Fsp3) is 0.368. The maximum atomic E-state index is 4.82. The van der Waals surface area contributed by atoms with Crippen LogP contribution in [0.25, 0.3) is 16.9 Å². The van der Waals surface area contributed by atoms with Crippen molar-refractivity contribution in [3.63, 3.8) is 0 Å². The quantitative estimate of drug-likeness (QED) is 0.793. The van der Waals surface area contributed by atoms with Gasteiger partial charge in [-0.2, -0.15) is 0 Å². The number of rotatable bonds is 4. The van der Waals surface area contributed by atoms with E-state index in [1.54, 1.807) is 0 Å². The second-order valence-corrected chi connectivity index (χ2v) is 6.68. The molecule has 2 aromatic heterocycles. The highest BCUT2D eigenvalue weighted by Crippen LogP contribution is 2.32. The van der Waals surface area contributed by atoms with Crippen molar-refractivity contribution in [1.82, 2.24) is 14.4 Å². The van der Waals surface area contributed by atoms with Gasteiger partial charge in [-0.05, 0) is 25.0 Å². The Bertz CT molecular complexity index is 829. The molecule has 4 rings (SSSR count). The summed E-state index contributed by atoms with van der Waals surface area (Å²) in [5.74, 6) is 1.08. The zero-order valence-corrected chi connectivity index (χ0v) is 14.2. The largest absolute Gasteiger partial charge is 0.378 e. The highest BCUT2D eigenvalue weighted by atomic mass is 15.2. The van der Waals surface area contributed by atoms with Crippen LogP contribution < -0.4 is 10.2 Å². The van der Waals surface area contributed by atoms with Gasteiger partial charge < -0.3 is 10.2 Å². The molecule has 1 aliphatic carbocycles. The molecule has 1 fully saturated rings. The van der Waals surface area contributed by atoms with Crippen molar-refractivity contribution in [2.24, 2.45) is 0 Å². The van der Waals surface area contributed by atoms with Crippen LogP contribution in [0.3, 0.4) is 0 Å². The minimum atomic E-state index is 0.540. The molecular formula is C19H23N5. The summed E-state index contributed by atoms with van der Waals surface area (Å²) in [6, 6.07) is 9.10. The highest BCUT2D eigenvalue weighted by Gasteiger charge is 2.20. The molecule has 0 radical (unpaired) electrons. The van der Waals surface area contributed by atoms with Crippen LogP contribution in [0.15, 0.2) is 42.9 Å². The number of benzene rings is 1. The molecule has 0 amide bonds. The summed E-state index contributed by atoms with van der Waals surface area (Å²) in [7, 11) is 4.11. The number of aromatic nitrogens is 3. The average molecular weight is 321 g/mol. The van der Waals surface area contributed by atoms with Gasteiger partial charge in [-0.15, -0.1) is 0 Å². The number of nitrogens with one attached hydrogen (secondary N) is 1. The van der Waals surface area contributed by atoms with Crippen LogP contribution in [0.4, 0.5) is 11.5 Å². The Morgan fingerprint density at radius 2 is 1.88 bits per heavy atom. The number of fused-ring (bicyclic) bond motifs is 1. The van der Waals surface area contributed by atoms with Crippen LogP contribution in [0.5, 0.6) is 0 Å². The third-order valence-electron chi connectivity index (χ3n) is 4.78. The van der Waals surface area contributed by atoms with Crippen molar-refractivity contribution in [2.45, 2.75) is 31.7 Å². The number of anilines is 2. The van der Waals surface area contributed by atoms with Crippen LogP contribution in [0.2, 0.25) is 0 Å². The van der Waals surface area contributed by atoms with E-state index in [0.717, 1.165) is 22.7 Å². The van der Waals surface area contributed by atoms with Crippen LogP contribution in [0.1, 0.15) is 25.7 Å². The molecule has 2 heterocycles. The summed E-state index contributed by atoms with van der Waals surface area (Å²) < 4.78 is 2.11. The zero-order valence-electron chi connectivity index (χ0n) is 14.2. The third kappa shape index (κ3) is 2.70. The minimum absolute atomic E-state index is 0.540. The monoisotopic (exact) mass is 321 g/mol. The molecular weight excluding hydrogens is 298 g/mol. The summed E-state index contributed by atoms with van der Waals surface area (Å²) in [6.45, 7) is 0. The second-order valence-electron chi connectivity index (χ2n) is 6.68. The summed E-state index contributed by atoms with van der Waals surface area (Å²) in [5, 5.41) is 3.73. The van der Waals surface area contributed by atoms with Gasteiger partial charge >= 0.3 is 0 Å². The van der Waals surface area contributed by atoms with Gasteiger partial charge in [0.25, 0.3) is 0 Å². The smallest absolute Gasteiger partial charge is 0.157 e. The van der Waals surface area contributed by atoms with Gasteiger partial charge in [0.2, 0.25) is 0 Å². The molecule has 1 aliphatic rings. The molecule has 0 saturated heterocycles. The lowest BCUT2D eigenvalue weighted by molar-refractivity contribution is 0.749. The van der Waals surface area contributed by atoms with Gasteiger partial charge in [0.15, 0.2) is 5.65 Å². The van der Waals surface area contributed by atoms with E-state index in [-0.39, 0.29) is 0 Å². The lowest BCUT2D eigenvalue weighted by Gasteiger charge is -2.15. The number of nitrogens with zero attached hydrogens (tertiary/aromatic N) is 4. The van der Waals surface area contributed by atoms with Crippen LogP contribution in [-0.2, 0) is 0 Å². The lowest BCUT2D eigenvalue weighted by atomic mass is 10.1. The number of imidazole rings is 1. The Labute approximate surface area is 142 Å². The third-order valence-corrected chi connectivity index (χ3v) is 4.78. The maximum Gasteiger partial charge on any atom is 0.157 e. The van der Waals surface area contributed by atoms with Gasteiger partial charge in [0.1, 0.15) is 11.5 Å². The average Bonchev–Trinajstić information content (AvgIpc) is 3.24. The van der Waals surface area contributed by atoms with Crippen LogP contribution in [0, 0.1) is 0 Å². The van der Waals surface area contributed by atoms with Gasteiger partial charge in [0, 0.05) is 43.8 Å². The lowest BCUT2D eigenvalue weighted by Crippen LogP contribution is -2.16. The molecule has 0 aliphatic heterocycles. The molecule has 3 aromatic rings. The molecule has 1 aromatic carbocycles. The number of hydrogen-bond donors (Lipinski definition) is 1. The standard InChI is InChI=1S/C19H23N5/c1-23(2)16-9-7-14(8-10-16)18-19(21-15-5-3-4-6-15)24-12-11-20-13-17(24)22-18/h7-13,15,21H,3-6H2,1-2H3. The molecule has 0 atom stereocenters. The first-order valence-electron chi connectivity index (χ1n) is 8.59. The van der Waals surface area contributed by atoms with E-state index in [9.17, 15) is 0 Å². The van der Waals surface area contributed by atoms with Crippen molar-refractivity contribution < 1.29 is 0 Å². The Morgan fingerprint density at radius 3 is 2.58 bits per heavy atom. The van der Waals surface area contributed by atoms with Crippen molar-refractivity contribution in [3.8, 4) is 11.3 Å². The van der Waals surface area contributed by atoms with Gasteiger partial charge in [-0.25, -0.2) is 4.98 Å². The summed E-state index contributed by atoms with van der Waals surface area (Å²) in [5.41, 5.74) is 4.20. The van der Waals surface area contributed by atoms with Crippen molar-refractivity contribution in [1.29, 1.82) is 0 Å². The van der Waals surface area contributed by atoms with E-state index < -0.39 is 0 Å². The first kappa shape index (κ1) is 15.0. The second kappa shape index (κ2) is 6.15. The molecule has 0 spiro atoms. The molecule has 5 heteroatoms. The Kier molecular flexibility index (Phi) is 3.84. The van der Waals surface area contributed by atoms with E-state index in [4.69, 9.17) is 4.98 Å². The SMILES string of the molecule is CN(C)c1ccc(-c2nc3cnccn3c2NC2CCCC2)cc1. The van der Waals surface area contributed by atoms with Crippen molar-refractivity contribution >= 4 is 17.2 Å². The fourth-order valence-corrected chi connectivity index (χ4v) is 3.43. The van der Waals surface area contributed by atoms with Crippen molar-refractivity contribution in [2.75, 3.05) is 24.3 Å². The number of hydrogen-bond acceptors (Lipinski definition) is 4. The van der Waals surface area contributed by atoms with Gasteiger partial charge in [0.05, 0.1) is 6.20 Å². The van der Waals surface area contributed by atoms with E-state index in [1.807, 2.05) is 18.6 Å². The molecule has 1 N–H and O–H groups in total. The summed E-state index contributed by atoms with van der Waals surface area (Å²) >= 11 is 0. The van der Waals surface area contributed by atoms with E-state index in [0.29, 0.717) is 6.04 Å².